The van der Waals surface area contributed by atoms with Crippen LogP contribution in [0.25, 0.3) is 0 Å². The number of carbonyl (C=O) groups is 1. The molecule has 0 fully saturated rings. The average molecular weight is 459 g/mol. The van der Waals surface area contributed by atoms with Crippen molar-refractivity contribution in [1.82, 2.24) is 24.5 Å². The molecule has 3 aromatic heterocycles. The molecule has 0 unspecified atom stereocenters. The van der Waals surface area contributed by atoms with Gasteiger partial charge < -0.3 is 14.9 Å². The van der Waals surface area contributed by atoms with Crippen LogP contribution in [-0.2, 0) is 7.05 Å². The zero-order valence-electron chi connectivity index (χ0n) is 18.6. The molecule has 4 aromatic rings. The minimum atomic E-state index is -0.796. The maximum atomic E-state index is 12.8. The summed E-state index contributed by atoms with van der Waals surface area (Å²) in [7, 11) is 1.46. The minimum absolute atomic E-state index is 0.226. The van der Waals surface area contributed by atoms with Gasteiger partial charge in [0.05, 0.1) is 30.1 Å². The Labute approximate surface area is 193 Å². The maximum Gasteiger partial charge on any atom is 0.296 e. The Balaban J connectivity index is 1.85. The number of anilines is 1. The van der Waals surface area contributed by atoms with E-state index in [1.165, 1.54) is 24.1 Å². The zero-order chi connectivity index (χ0) is 24.4. The molecule has 172 valence electrons. The number of rotatable bonds is 6. The summed E-state index contributed by atoms with van der Waals surface area (Å²) in [6, 6.07) is 8.76. The van der Waals surface area contributed by atoms with Gasteiger partial charge in [0.15, 0.2) is 5.69 Å². The molecule has 2 N–H and O–H groups in total. The average Bonchev–Trinajstić information content (AvgIpc) is 3.50. The van der Waals surface area contributed by atoms with Gasteiger partial charge in [-0.2, -0.15) is 10.4 Å². The highest BCUT2D eigenvalue weighted by molar-refractivity contribution is 6.04. The van der Waals surface area contributed by atoms with E-state index in [1.54, 1.807) is 23.0 Å². The molecule has 0 aliphatic rings. The Morgan fingerprint density at radius 1 is 1.29 bits per heavy atom. The lowest BCUT2D eigenvalue weighted by Crippen LogP contribution is -2.31. The zero-order valence-corrected chi connectivity index (χ0v) is 18.6. The van der Waals surface area contributed by atoms with E-state index in [9.17, 15) is 20.0 Å². The van der Waals surface area contributed by atoms with Gasteiger partial charge in [-0.3, -0.25) is 18.8 Å². The molecule has 11 heteroatoms. The summed E-state index contributed by atoms with van der Waals surface area (Å²) >= 11 is 0. The molecule has 0 saturated carbocycles. The maximum absolute atomic E-state index is 12.8. The fourth-order valence-electron chi connectivity index (χ4n) is 3.85. The Hall–Kier alpha value is -4.72. The number of benzene rings is 1. The lowest BCUT2D eigenvalue weighted by atomic mass is 9.90. The van der Waals surface area contributed by atoms with Crippen molar-refractivity contribution in [2.24, 2.45) is 7.05 Å². The first-order valence-electron chi connectivity index (χ1n) is 10.3. The number of amides is 1. The molecule has 0 aliphatic heterocycles. The van der Waals surface area contributed by atoms with Gasteiger partial charge >= 0.3 is 0 Å². The second-order valence-corrected chi connectivity index (χ2v) is 7.83. The first-order chi connectivity index (χ1) is 16.3. The monoisotopic (exact) mass is 459 g/mol. The number of aromatic hydroxyl groups is 1. The fourth-order valence-corrected chi connectivity index (χ4v) is 3.85. The van der Waals surface area contributed by atoms with E-state index in [1.807, 2.05) is 32.2 Å². The van der Waals surface area contributed by atoms with Crippen LogP contribution in [0, 0.1) is 18.3 Å². The molecule has 1 amide bonds. The smallest absolute Gasteiger partial charge is 0.296 e. The standard InChI is InChI=1S/C23H21N7O4/c1-13-9-25-30(11-13)19(17-7-5-4-6-15(17)8-24)14(2)21-28-18(20(31)23(33)29(21)3)22(32)27-16-10-26-34-12-16/h4-7,9-12,14,19,31H,1-3H3,(H,27,32)/t14-,19+/m0/s1. The highest BCUT2D eigenvalue weighted by atomic mass is 16.5. The summed E-state index contributed by atoms with van der Waals surface area (Å²) in [5, 5.41) is 30.5. The van der Waals surface area contributed by atoms with Crippen LogP contribution in [0.4, 0.5) is 5.69 Å². The number of hydrogen-bond acceptors (Lipinski definition) is 8. The SMILES string of the molecule is Cc1cnn([C@@H](c2ccccc2C#N)[C@H](C)c2nc(C(=O)Nc3cnoc3)c(O)c(=O)n2C)c1. The second kappa shape index (κ2) is 9.03. The van der Waals surface area contributed by atoms with Crippen LogP contribution < -0.4 is 10.9 Å². The predicted molar refractivity (Wildman–Crippen MR) is 120 cm³/mol. The van der Waals surface area contributed by atoms with Crippen LogP contribution in [0.3, 0.4) is 0 Å². The van der Waals surface area contributed by atoms with E-state index in [2.05, 4.69) is 26.6 Å². The molecule has 0 saturated heterocycles. The molecule has 11 nitrogen and oxygen atoms in total. The minimum Gasteiger partial charge on any atom is -0.501 e. The number of aryl methyl sites for hydroxylation is 1. The fraction of sp³-hybridized carbons (Fsp3) is 0.217. The number of nitrogens with zero attached hydrogens (tertiary/aromatic N) is 6. The molecule has 0 bridgehead atoms. The summed E-state index contributed by atoms with van der Waals surface area (Å²) in [5.74, 6) is -1.88. The largest absolute Gasteiger partial charge is 0.501 e. The Bertz CT molecular complexity index is 1450. The molecule has 34 heavy (non-hydrogen) atoms. The van der Waals surface area contributed by atoms with Gasteiger partial charge in [0, 0.05) is 19.2 Å². The number of nitrogens with one attached hydrogen (secondary N) is 1. The molecule has 0 spiro atoms. The van der Waals surface area contributed by atoms with Crippen LogP contribution in [0.1, 0.15) is 51.9 Å². The molecular formula is C23H21N7O4. The number of carbonyl (C=O) groups excluding carboxylic acids is 1. The number of nitriles is 1. The van der Waals surface area contributed by atoms with Crippen LogP contribution in [-0.4, -0.2) is 35.5 Å². The van der Waals surface area contributed by atoms with E-state index >= 15 is 0 Å². The first kappa shape index (κ1) is 22.5. The van der Waals surface area contributed by atoms with Crippen LogP contribution in [0.15, 0.2) is 58.4 Å². The van der Waals surface area contributed by atoms with Crippen molar-refractivity contribution in [3.8, 4) is 11.8 Å². The van der Waals surface area contributed by atoms with Gasteiger partial charge in [-0.15, -0.1) is 0 Å². The topological polar surface area (TPSA) is 152 Å². The summed E-state index contributed by atoms with van der Waals surface area (Å²) in [6.45, 7) is 3.71. The van der Waals surface area contributed by atoms with Crippen molar-refractivity contribution < 1.29 is 14.4 Å². The van der Waals surface area contributed by atoms with E-state index < -0.39 is 34.9 Å². The molecule has 4 rings (SSSR count). The van der Waals surface area contributed by atoms with E-state index in [4.69, 9.17) is 4.52 Å². The van der Waals surface area contributed by atoms with Crippen LogP contribution >= 0.6 is 0 Å². The third kappa shape index (κ3) is 4.04. The van der Waals surface area contributed by atoms with Gasteiger partial charge in [-0.25, -0.2) is 4.98 Å². The summed E-state index contributed by atoms with van der Waals surface area (Å²) in [4.78, 5) is 30.0. The summed E-state index contributed by atoms with van der Waals surface area (Å²) in [5.41, 5.74) is 1.06. The van der Waals surface area contributed by atoms with Gasteiger partial charge in [0.1, 0.15) is 17.8 Å². The van der Waals surface area contributed by atoms with E-state index in [0.29, 0.717) is 11.1 Å². The Morgan fingerprint density at radius 2 is 2.06 bits per heavy atom. The predicted octanol–water partition coefficient (Wildman–Crippen LogP) is 2.50. The van der Waals surface area contributed by atoms with Crippen molar-refractivity contribution in [3.05, 3.63) is 87.7 Å². The van der Waals surface area contributed by atoms with Crippen molar-refractivity contribution in [2.45, 2.75) is 25.8 Å². The molecule has 2 atom stereocenters. The van der Waals surface area contributed by atoms with Gasteiger partial charge in [0.2, 0.25) is 5.75 Å². The number of aromatic nitrogens is 5. The lowest BCUT2D eigenvalue weighted by Gasteiger charge is -2.27. The highest BCUT2D eigenvalue weighted by Gasteiger charge is 2.31. The van der Waals surface area contributed by atoms with Gasteiger partial charge in [-0.1, -0.05) is 30.3 Å². The highest BCUT2D eigenvalue weighted by Crippen LogP contribution is 2.35. The summed E-state index contributed by atoms with van der Waals surface area (Å²) < 4.78 is 7.58. The molecular weight excluding hydrogens is 438 g/mol. The normalized spacial score (nSPS) is 12.6. The van der Waals surface area contributed by atoms with Crippen molar-refractivity contribution >= 4 is 11.6 Å². The van der Waals surface area contributed by atoms with Crippen LogP contribution in [0.2, 0.25) is 0 Å². The first-order valence-corrected chi connectivity index (χ1v) is 10.3. The summed E-state index contributed by atoms with van der Waals surface area (Å²) in [6.07, 6.45) is 5.99. The third-order valence-electron chi connectivity index (χ3n) is 5.50. The molecule has 0 radical (unpaired) electrons. The second-order valence-electron chi connectivity index (χ2n) is 7.83. The molecule has 1 aromatic carbocycles. The Kier molecular flexibility index (Phi) is 5.97. The number of hydrogen-bond donors (Lipinski definition) is 2. The van der Waals surface area contributed by atoms with Gasteiger partial charge in [0.25, 0.3) is 11.5 Å². The third-order valence-corrected chi connectivity index (χ3v) is 5.50. The molecule has 3 heterocycles. The van der Waals surface area contributed by atoms with Crippen LogP contribution in [0.5, 0.6) is 5.75 Å². The van der Waals surface area contributed by atoms with Crippen molar-refractivity contribution in [1.29, 1.82) is 5.26 Å². The quantitative estimate of drug-likeness (QED) is 0.446. The lowest BCUT2D eigenvalue weighted by molar-refractivity contribution is 0.101. The Morgan fingerprint density at radius 3 is 2.71 bits per heavy atom. The van der Waals surface area contributed by atoms with E-state index in [0.717, 1.165) is 5.56 Å². The van der Waals surface area contributed by atoms with Gasteiger partial charge in [-0.05, 0) is 24.1 Å². The van der Waals surface area contributed by atoms with E-state index in [-0.39, 0.29) is 11.5 Å². The van der Waals surface area contributed by atoms with Crippen molar-refractivity contribution in [3.63, 3.8) is 0 Å². The molecule has 0 aliphatic carbocycles. The van der Waals surface area contributed by atoms with Crippen molar-refractivity contribution in [2.75, 3.05) is 5.32 Å².